The van der Waals surface area contributed by atoms with Crippen LogP contribution >= 0.6 is 0 Å². The lowest BCUT2D eigenvalue weighted by molar-refractivity contribution is 0.0871. The van der Waals surface area contributed by atoms with Crippen molar-refractivity contribution >= 4 is 6.09 Å². The van der Waals surface area contributed by atoms with Crippen molar-refractivity contribution in [2.24, 2.45) is 0 Å². The number of alkyl carbamates (subject to hydrolysis) is 1. The maximum atomic E-state index is 13.2. The zero-order chi connectivity index (χ0) is 18.2. The molecule has 0 aliphatic rings. The van der Waals surface area contributed by atoms with Crippen molar-refractivity contribution < 1.29 is 13.9 Å². The Morgan fingerprint density at radius 1 is 1.12 bits per heavy atom. The van der Waals surface area contributed by atoms with E-state index in [9.17, 15) is 9.18 Å². The molecule has 0 saturated carbocycles. The van der Waals surface area contributed by atoms with E-state index >= 15 is 0 Å². The third kappa shape index (κ3) is 5.17. The molecule has 0 unspecified atom stereocenters. The van der Waals surface area contributed by atoms with Crippen LogP contribution in [0, 0.1) is 5.82 Å². The van der Waals surface area contributed by atoms with Crippen molar-refractivity contribution in [1.82, 2.24) is 24.4 Å². The highest BCUT2D eigenvalue weighted by molar-refractivity contribution is 5.67. The molecule has 3 aromatic rings. The van der Waals surface area contributed by atoms with Crippen molar-refractivity contribution in [2.75, 3.05) is 6.54 Å². The number of ether oxygens (including phenoxy) is 1. The molecule has 2 heterocycles. The average Bonchev–Trinajstić information content (AvgIpc) is 3.33. The summed E-state index contributed by atoms with van der Waals surface area (Å²) in [4.78, 5) is 20.1. The van der Waals surface area contributed by atoms with Gasteiger partial charge in [0.15, 0.2) is 0 Å². The van der Waals surface area contributed by atoms with Crippen LogP contribution in [0.15, 0.2) is 61.7 Å². The summed E-state index contributed by atoms with van der Waals surface area (Å²) in [5.41, 5.74) is 0.716. The van der Waals surface area contributed by atoms with Gasteiger partial charge in [0.05, 0.1) is 19.2 Å². The summed E-state index contributed by atoms with van der Waals surface area (Å²) in [5.74, 6) is -0.334. The number of rotatable bonds is 8. The third-order valence-corrected chi connectivity index (χ3v) is 3.85. The fourth-order valence-corrected chi connectivity index (χ4v) is 2.52. The topological polar surface area (TPSA) is 74.0 Å². The Hall–Kier alpha value is -3.16. The highest BCUT2D eigenvalue weighted by Crippen LogP contribution is 2.20. The van der Waals surface area contributed by atoms with E-state index in [1.165, 1.54) is 12.1 Å². The number of hydrogen-bond donors (Lipinski definition) is 1. The van der Waals surface area contributed by atoms with Gasteiger partial charge in [0.2, 0.25) is 0 Å². The van der Waals surface area contributed by atoms with E-state index in [1.807, 2.05) is 10.8 Å². The Labute approximate surface area is 150 Å². The largest absolute Gasteiger partial charge is 0.439 e. The number of aryl methyl sites for hydroxylation is 1. The fraction of sp³-hybridized carbons (Fsp3) is 0.278. The number of carbonyl (C=O) groups is 1. The first-order valence-electron chi connectivity index (χ1n) is 8.32. The Bertz CT molecular complexity index is 788. The summed E-state index contributed by atoms with van der Waals surface area (Å²) in [7, 11) is 0. The number of aromatic nitrogens is 4. The maximum absolute atomic E-state index is 13.2. The fourth-order valence-electron chi connectivity index (χ4n) is 2.52. The van der Waals surface area contributed by atoms with E-state index in [1.54, 1.807) is 47.9 Å². The molecule has 0 fully saturated rings. The Morgan fingerprint density at radius 2 is 1.81 bits per heavy atom. The molecule has 1 N–H and O–H groups in total. The van der Waals surface area contributed by atoms with Crippen LogP contribution in [0.25, 0.3) is 0 Å². The van der Waals surface area contributed by atoms with Gasteiger partial charge in [-0.25, -0.2) is 19.2 Å². The van der Waals surface area contributed by atoms with E-state index < -0.39 is 12.2 Å². The van der Waals surface area contributed by atoms with Gasteiger partial charge in [-0.15, -0.1) is 0 Å². The van der Waals surface area contributed by atoms with Gasteiger partial charge in [-0.1, -0.05) is 12.1 Å². The van der Waals surface area contributed by atoms with Crippen LogP contribution in [0.3, 0.4) is 0 Å². The highest BCUT2D eigenvalue weighted by Gasteiger charge is 2.17. The summed E-state index contributed by atoms with van der Waals surface area (Å²) >= 11 is 0. The smallest absolute Gasteiger partial charge is 0.407 e. The summed E-state index contributed by atoms with van der Waals surface area (Å²) in [6.45, 7) is 1.64. The number of halogens is 1. The van der Waals surface area contributed by atoms with Gasteiger partial charge in [0.25, 0.3) is 0 Å². The first-order valence-corrected chi connectivity index (χ1v) is 8.32. The predicted molar refractivity (Wildman–Crippen MR) is 92.7 cm³/mol. The molecule has 0 saturated heterocycles. The number of hydrogen-bond acceptors (Lipinski definition) is 4. The van der Waals surface area contributed by atoms with Gasteiger partial charge < -0.3 is 19.2 Å². The number of amides is 1. The van der Waals surface area contributed by atoms with Crippen molar-refractivity contribution in [2.45, 2.75) is 25.6 Å². The van der Waals surface area contributed by atoms with Crippen LogP contribution in [0.5, 0.6) is 0 Å². The van der Waals surface area contributed by atoms with E-state index in [-0.39, 0.29) is 5.82 Å². The molecule has 0 radical (unpaired) electrons. The number of benzene rings is 1. The quantitative estimate of drug-likeness (QED) is 0.629. The standard InChI is InChI=1S/C18H20FN5O2/c19-16-4-2-15(3-5-16)17(12-24-11-8-21-14-24)26-18(25)22-6-1-9-23-10-7-20-13-23/h2-5,7-8,10-11,13-14,17H,1,6,9,12H2,(H,22,25)/t17-/m1/s1. The van der Waals surface area contributed by atoms with Crippen LogP contribution in [-0.2, 0) is 17.8 Å². The molecule has 26 heavy (non-hydrogen) atoms. The minimum atomic E-state index is -0.543. The van der Waals surface area contributed by atoms with E-state index in [4.69, 9.17) is 4.74 Å². The number of imidazole rings is 2. The summed E-state index contributed by atoms with van der Waals surface area (Å²) in [5, 5.41) is 2.74. The van der Waals surface area contributed by atoms with E-state index in [2.05, 4.69) is 15.3 Å². The highest BCUT2D eigenvalue weighted by atomic mass is 19.1. The lowest BCUT2D eigenvalue weighted by atomic mass is 10.1. The summed E-state index contributed by atoms with van der Waals surface area (Å²) in [6.07, 6.45) is 10.1. The second-order valence-electron chi connectivity index (χ2n) is 5.79. The van der Waals surface area contributed by atoms with E-state index in [0.717, 1.165) is 13.0 Å². The third-order valence-electron chi connectivity index (χ3n) is 3.85. The first-order chi connectivity index (χ1) is 12.7. The molecular weight excluding hydrogens is 337 g/mol. The number of nitrogens with one attached hydrogen (secondary N) is 1. The van der Waals surface area contributed by atoms with Gasteiger partial charge in [0.1, 0.15) is 11.9 Å². The minimum absolute atomic E-state index is 0.334. The molecule has 136 valence electrons. The van der Waals surface area contributed by atoms with Gasteiger partial charge >= 0.3 is 6.09 Å². The number of carbonyl (C=O) groups excluding carboxylic acids is 1. The normalized spacial score (nSPS) is 11.9. The van der Waals surface area contributed by atoms with Gasteiger partial charge in [-0.3, -0.25) is 0 Å². The van der Waals surface area contributed by atoms with Gasteiger partial charge in [0, 0.05) is 37.9 Å². The molecule has 0 bridgehead atoms. The molecule has 0 spiro atoms. The van der Waals surface area contributed by atoms with Crippen LogP contribution in [-0.4, -0.2) is 31.7 Å². The monoisotopic (exact) mass is 357 g/mol. The van der Waals surface area contributed by atoms with E-state index in [0.29, 0.717) is 18.7 Å². The number of nitrogens with zero attached hydrogens (tertiary/aromatic N) is 4. The SMILES string of the molecule is O=C(NCCCn1ccnc1)O[C@H](Cn1ccnc1)c1ccc(F)cc1. The molecule has 7 nitrogen and oxygen atoms in total. The predicted octanol–water partition coefficient (Wildman–Crippen LogP) is 2.78. The van der Waals surface area contributed by atoms with Crippen molar-refractivity contribution in [3.8, 4) is 0 Å². The second-order valence-corrected chi connectivity index (χ2v) is 5.79. The first kappa shape index (κ1) is 17.7. The van der Waals surface area contributed by atoms with Gasteiger partial charge in [-0.2, -0.15) is 0 Å². The average molecular weight is 357 g/mol. The Morgan fingerprint density at radius 3 is 2.46 bits per heavy atom. The second kappa shape index (κ2) is 8.80. The Kier molecular flexibility index (Phi) is 5.97. The molecule has 0 aliphatic carbocycles. The molecule has 3 rings (SSSR count). The molecule has 8 heteroatoms. The molecular formula is C18H20FN5O2. The molecule has 2 aromatic heterocycles. The Balaban J connectivity index is 1.54. The van der Waals surface area contributed by atoms with Crippen LogP contribution in [0.1, 0.15) is 18.1 Å². The van der Waals surface area contributed by atoms with Crippen LogP contribution in [0.2, 0.25) is 0 Å². The lowest BCUT2D eigenvalue weighted by Gasteiger charge is -2.19. The van der Waals surface area contributed by atoms with Crippen LogP contribution < -0.4 is 5.32 Å². The zero-order valence-corrected chi connectivity index (χ0v) is 14.2. The lowest BCUT2D eigenvalue weighted by Crippen LogP contribution is -2.28. The van der Waals surface area contributed by atoms with Crippen molar-refractivity contribution in [3.05, 3.63) is 73.1 Å². The minimum Gasteiger partial charge on any atom is -0.439 e. The van der Waals surface area contributed by atoms with Gasteiger partial charge in [-0.05, 0) is 24.1 Å². The molecule has 0 aliphatic heterocycles. The zero-order valence-electron chi connectivity index (χ0n) is 14.2. The van der Waals surface area contributed by atoms with Crippen molar-refractivity contribution in [3.63, 3.8) is 0 Å². The molecule has 1 atom stereocenters. The van der Waals surface area contributed by atoms with Crippen molar-refractivity contribution in [1.29, 1.82) is 0 Å². The molecule has 1 aromatic carbocycles. The molecule has 1 amide bonds. The summed E-state index contributed by atoms with van der Waals surface area (Å²) in [6, 6.07) is 5.93. The van der Waals surface area contributed by atoms with Crippen LogP contribution in [0.4, 0.5) is 9.18 Å². The summed E-state index contributed by atoms with van der Waals surface area (Å²) < 4.78 is 22.5. The maximum Gasteiger partial charge on any atom is 0.407 e.